The Morgan fingerprint density at radius 2 is 1.75 bits per heavy atom. The highest BCUT2D eigenvalue weighted by atomic mass is 35.5. The quantitative estimate of drug-likeness (QED) is 0.568. The van der Waals surface area contributed by atoms with Crippen molar-refractivity contribution in [3.8, 4) is 17.4 Å². The Morgan fingerprint density at radius 1 is 1.00 bits per heavy atom. The molecule has 3 rings (SSSR count). The fourth-order valence-electron chi connectivity index (χ4n) is 2.23. The molecule has 0 aliphatic heterocycles. The molecule has 0 bridgehead atoms. The molecule has 1 heterocycles. The van der Waals surface area contributed by atoms with E-state index in [0.717, 1.165) is 12.1 Å². The summed E-state index contributed by atoms with van der Waals surface area (Å²) >= 11 is 5.42. The second-order valence-corrected chi connectivity index (χ2v) is 5.94. The van der Waals surface area contributed by atoms with E-state index in [2.05, 4.69) is 10.3 Å². The smallest absolute Gasteiger partial charge is 0.239 e. The number of nitrogens with zero attached hydrogens (tertiary/aromatic N) is 1. The minimum absolute atomic E-state index is 0.106. The SMILES string of the molecule is O=C(CCl)Nc1ccc(Oc2ccc(OCc3ccc(F)c(F)c3)cc2)nc1. The van der Waals surface area contributed by atoms with Crippen LogP contribution in [0.1, 0.15) is 5.56 Å². The van der Waals surface area contributed by atoms with E-state index in [4.69, 9.17) is 21.1 Å². The number of hydrogen-bond acceptors (Lipinski definition) is 4. The summed E-state index contributed by atoms with van der Waals surface area (Å²) in [7, 11) is 0. The van der Waals surface area contributed by atoms with Crippen LogP contribution in [-0.4, -0.2) is 16.8 Å². The van der Waals surface area contributed by atoms with E-state index in [-0.39, 0.29) is 18.4 Å². The van der Waals surface area contributed by atoms with Gasteiger partial charge in [0.25, 0.3) is 0 Å². The first-order chi connectivity index (χ1) is 13.5. The zero-order chi connectivity index (χ0) is 19.9. The van der Waals surface area contributed by atoms with E-state index in [9.17, 15) is 13.6 Å². The van der Waals surface area contributed by atoms with E-state index in [0.29, 0.717) is 28.6 Å². The number of anilines is 1. The number of hydrogen-bond donors (Lipinski definition) is 1. The van der Waals surface area contributed by atoms with Crippen LogP contribution in [0.5, 0.6) is 17.4 Å². The van der Waals surface area contributed by atoms with E-state index in [1.807, 2.05) is 0 Å². The third-order valence-electron chi connectivity index (χ3n) is 3.58. The summed E-state index contributed by atoms with van der Waals surface area (Å²) in [6.45, 7) is 0.106. The Morgan fingerprint density at radius 3 is 2.39 bits per heavy atom. The molecule has 0 atom stereocenters. The lowest BCUT2D eigenvalue weighted by Gasteiger charge is -2.09. The molecular formula is C20H15ClF2N2O3. The van der Waals surface area contributed by atoms with Crippen molar-refractivity contribution in [2.45, 2.75) is 6.61 Å². The van der Waals surface area contributed by atoms with Gasteiger partial charge in [0.05, 0.1) is 11.9 Å². The van der Waals surface area contributed by atoms with Gasteiger partial charge in [0.15, 0.2) is 11.6 Å². The molecule has 0 saturated carbocycles. The lowest BCUT2D eigenvalue weighted by atomic mass is 10.2. The highest BCUT2D eigenvalue weighted by molar-refractivity contribution is 6.29. The highest BCUT2D eigenvalue weighted by Crippen LogP contribution is 2.24. The molecular weight excluding hydrogens is 390 g/mol. The first-order valence-electron chi connectivity index (χ1n) is 8.20. The Hall–Kier alpha value is -3.19. The van der Waals surface area contributed by atoms with Gasteiger partial charge >= 0.3 is 0 Å². The molecule has 0 saturated heterocycles. The summed E-state index contributed by atoms with van der Waals surface area (Å²) in [4.78, 5) is 15.3. The number of benzene rings is 2. The molecule has 1 amide bonds. The summed E-state index contributed by atoms with van der Waals surface area (Å²) in [6, 6.07) is 13.6. The van der Waals surface area contributed by atoms with Crippen molar-refractivity contribution in [3.63, 3.8) is 0 Å². The van der Waals surface area contributed by atoms with Crippen molar-refractivity contribution in [2.75, 3.05) is 11.2 Å². The van der Waals surface area contributed by atoms with Crippen molar-refractivity contribution in [3.05, 3.63) is 78.0 Å². The molecule has 8 heteroatoms. The van der Waals surface area contributed by atoms with Crippen molar-refractivity contribution >= 4 is 23.2 Å². The van der Waals surface area contributed by atoms with Crippen LogP contribution in [-0.2, 0) is 11.4 Å². The molecule has 0 radical (unpaired) electrons. The predicted molar refractivity (Wildman–Crippen MR) is 101 cm³/mol. The number of carbonyl (C=O) groups excluding carboxylic acids is 1. The maximum atomic E-state index is 13.2. The Labute approximate surface area is 164 Å². The minimum Gasteiger partial charge on any atom is -0.489 e. The Kier molecular flexibility index (Phi) is 6.39. The van der Waals surface area contributed by atoms with Gasteiger partial charge in [0.1, 0.15) is 24.0 Å². The van der Waals surface area contributed by atoms with Gasteiger partial charge in [-0.1, -0.05) is 6.07 Å². The van der Waals surface area contributed by atoms with Crippen LogP contribution in [0.25, 0.3) is 0 Å². The van der Waals surface area contributed by atoms with E-state index < -0.39 is 11.6 Å². The first kappa shape index (κ1) is 19.6. The van der Waals surface area contributed by atoms with Crippen LogP contribution in [0.15, 0.2) is 60.8 Å². The number of ether oxygens (including phenoxy) is 2. The van der Waals surface area contributed by atoms with Crippen LogP contribution >= 0.6 is 11.6 Å². The number of amides is 1. The largest absolute Gasteiger partial charge is 0.489 e. The number of halogens is 3. The fourth-order valence-corrected chi connectivity index (χ4v) is 2.30. The second kappa shape index (κ2) is 9.14. The number of nitrogens with one attached hydrogen (secondary N) is 1. The van der Waals surface area contributed by atoms with Crippen LogP contribution in [0, 0.1) is 11.6 Å². The molecule has 144 valence electrons. The normalized spacial score (nSPS) is 10.4. The van der Waals surface area contributed by atoms with Crippen LogP contribution < -0.4 is 14.8 Å². The zero-order valence-electron chi connectivity index (χ0n) is 14.5. The van der Waals surface area contributed by atoms with Crippen LogP contribution in [0.3, 0.4) is 0 Å². The second-order valence-electron chi connectivity index (χ2n) is 5.68. The summed E-state index contributed by atoms with van der Waals surface area (Å²) in [5.41, 5.74) is 1.03. The van der Waals surface area contributed by atoms with Crippen LogP contribution in [0.4, 0.5) is 14.5 Å². The molecule has 5 nitrogen and oxygen atoms in total. The van der Waals surface area contributed by atoms with Gasteiger partial charge in [-0.3, -0.25) is 4.79 Å². The van der Waals surface area contributed by atoms with Gasteiger partial charge in [-0.25, -0.2) is 13.8 Å². The third-order valence-corrected chi connectivity index (χ3v) is 3.82. The van der Waals surface area contributed by atoms with Crippen molar-refractivity contribution in [1.82, 2.24) is 4.98 Å². The lowest BCUT2D eigenvalue weighted by Crippen LogP contribution is -2.12. The molecule has 28 heavy (non-hydrogen) atoms. The number of alkyl halides is 1. The monoisotopic (exact) mass is 404 g/mol. The molecule has 1 aromatic heterocycles. The number of carbonyl (C=O) groups is 1. The molecule has 0 spiro atoms. The van der Waals surface area contributed by atoms with E-state index in [1.54, 1.807) is 36.4 Å². The van der Waals surface area contributed by atoms with Gasteiger partial charge in [-0.05, 0) is 48.0 Å². The molecule has 3 aromatic rings. The summed E-state index contributed by atoms with van der Waals surface area (Å²) in [5, 5.41) is 2.57. The third kappa shape index (κ3) is 5.40. The topological polar surface area (TPSA) is 60.5 Å². The molecule has 0 aliphatic rings. The number of rotatable bonds is 7. The van der Waals surface area contributed by atoms with Gasteiger partial charge in [-0.2, -0.15) is 0 Å². The molecule has 0 fully saturated rings. The number of pyridine rings is 1. The number of aromatic nitrogens is 1. The summed E-state index contributed by atoms with van der Waals surface area (Å²) in [5.74, 6) is -0.841. The van der Waals surface area contributed by atoms with Crippen molar-refractivity contribution in [2.24, 2.45) is 0 Å². The molecule has 0 aliphatic carbocycles. The van der Waals surface area contributed by atoms with Gasteiger partial charge in [0.2, 0.25) is 11.8 Å². The van der Waals surface area contributed by atoms with E-state index >= 15 is 0 Å². The van der Waals surface area contributed by atoms with Crippen molar-refractivity contribution in [1.29, 1.82) is 0 Å². The standard InChI is InChI=1S/C20H15ClF2N2O3/c21-10-19(26)25-14-2-8-20(24-11-14)28-16-5-3-15(4-6-16)27-12-13-1-7-17(22)18(23)9-13/h1-9,11H,10,12H2,(H,25,26). The lowest BCUT2D eigenvalue weighted by molar-refractivity contribution is -0.113. The maximum absolute atomic E-state index is 13.2. The van der Waals surface area contributed by atoms with E-state index in [1.165, 1.54) is 12.3 Å². The Balaban J connectivity index is 1.55. The summed E-state index contributed by atoms with van der Waals surface area (Å²) < 4.78 is 37.3. The maximum Gasteiger partial charge on any atom is 0.239 e. The van der Waals surface area contributed by atoms with Crippen LogP contribution in [0.2, 0.25) is 0 Å². The molecule has 1 N–H and O–H groups in total. The average molecular weight is 405 g/mol. The summed E-state index contributed by atoms with van der Waals surface area (Å²) in [6.07, 6.45) is 1.46. The average Bonchev–Trinajstić information content (AvgIpc) is 2.71. The Bertz CT molecular complexity index is 951. The molecule has 2 aromatic carbocycles. The van der Waals surface area contributed by atoms with Gasteiger partial charge in [0, 0.05) is 6.07 Å². The first-order valence-corrected chi connectivity index (χ1v) is 8.73. The highest BCUT2D eigenvalue weighted by Gasteiger charge is 2.05. The predicted octanol–water partition coefficient (Wildman–Crippen LogP) is 4.91. The van der Waals surface area contributed by atoms with Crippen molar-refractivity contribution < 1.29 is 23.0 Å². The molecule has 0 unspecified atom stereocenters. The van der Waals surface area contributed by atoms with Gasteiger partial charge < -0.3 is 14.8 Å². The van der Waals surface area contributed by atoms with Gasteiger partial charge in [-0.15, -0.1) is 11.6 Å². The fraction of sp³-hybridized carbons (Fsp3) is 0.100. The minimum atomic E-state index is -0.911. The zero-order valence-corrected chi connectivity index (χ0v) is 15.2.